The summed E-state index contributed by atoms with van der Waals surface area (Å²) in [6.07, 6.45) is 2.56. The van der Waals surface area contributed by atoms with Gasteiger partial charge in [0, 0.05) is 63.5 Å². The molecule has 0 saturated carbocycles. The van der Waals surface area contributed by atoms with Gasteiger partial charge in [0.05, 0.1) is 6.07 Å². The van der Waals surface area contributed by atoms with Gasteiger partial charge in [0.1, 0.15) is 0 Å². The third-order valence-electron chi connectivity index (χ3n) is 5.71. The van der Waals surface area contributed by atoms with Crippen molar-refractivity contribution >= 4 is 11.7 Å². The van der Waals surface area contributed by atoms with E-state index in [-0.39, 0.29) is 18.0 Å². The summed E-state index contributed by atoms with van der Waals surface area (Å²) in [7, 11) is 0. The van der Waals surface area contributed by atoms with Gasteiger partial charge in [-0.1, -0.05) is 18.2 Å². The smallest absolute Gasteiger partial charge is 0.317 e. The summed E-state index contributed by atoms with van der Waals surface area (Å²) in [4.78, 5) is 19.1. The van der Waals surface area contributed by atoms with Gasteiger partial charge in [0.15, 0.2) is 0 Å². The highest BCUT2D eigenvalue weighted by Gasteiger charge is 2.23. The molecule has 2 aliphatic rings. The molecule has 1 aromatic carbocycles. The molecule has 27 heavy (non-hydrogen) atoms. The van der Waals surface area contributed by atoms with Crippen LogP contribution < -0.4 is 10.2 Å². The van der Waals surface area contributed by atoms with Crippen LogP contribution in [0.2, 0.25) is 0 Å². The number of hydrogen-bond acceptors (Lipinski definition) is 4. The Bertz CT molecular complexity index is 628. The van der Waals surface area contributed by atoms with Gasteiger partial charge in [0.25, 0.3) is 0 Å². The fraction of sp³-hybridized carbons (Fsp3) is 0.619. The lowest BCUT2D eigenvalue weighted by atomic mass is 9.99. The van der Waals surface area contributed by atoms with E-state index in [1.54, 1.807) is 0 Å². The van der Waals surface area contributed by atoms with E-state index in [1.807, 2.05) is 4.90 Å². The van der Waals surface area contributed by atoms with Crippen LogP contribution in [0, 0.1) is 17.2 Å². The SMILES string of the molecule is C[C@@H](CCN1CCN(c2ccccc2)CC1)NC(=O)N1CCC(C#N)CC1. The van der Waals surface area contributed by atoms with Crippen LogP contribution in [-0.4, -0.2) is 67.7 Å². The second kappa shape index (κ2) is 9.61. The normalized spacial score (nSPS) is 20.1. The number of amides is 2. The maximum atomic E-state index is 12.4. The van der Waals surface area contributed by atoms with Gasteiger partial charge in [0.2, 0.25) is 0 Å². The Balaban J connectivity index is 1.33. The number of hydrogen-bond donors (Lipinski definition) is 1. The van der Waals surface area contributed by atoms with Gasteiger partial charge >= 0.3 is 6.03 Å². The number of likely N-dealkylation sites (tertiary alicyclic amines) is 1. The molecule has 1 N–H and O–H groups in total. The second-order valence-corrected chi connectivity index (χ2v) is 7.69. The van der Waals surface area contributed by atoms with E-state index in [1.165, 1.54) is 5.69 Å². The van der Waals surface area contributed by atoms with E-state index in [0.29, 0.717) is 13.1 Å². The number of benzene rings is 1. The summed E-state index contributed by atoms with van der Waals surface area (Å²) < 4.78 is 0. The summed E-state index contributed by atoms with van der Waals surface area (Å²) in [6.45, 7) is 8.73. The number of nitrogens with zero attached hydrogens (tertiary/aromatic N) is 4. The molecule has 6 nitrogen and oxygen atoms in total. The topological polar surface area (TPSA) is 62.6 Å². The first-order valence-electron chi connectivity index (χ1n) is 10.1. The van der Waals surface area contributed by atoms with Gasteiger partial charge in [-0.05, 0) is 38.3 Å². The zero-order chi connectivity index (χ0) is 19.1. The van der Waals surface area contributed by atoms with Gasteiger partial charge in [-0.3, -0.25) is 4.90 Å². The molecular formula is C21H31N5O. The molecule has 0 radical (unpaired) electrons. The van der Waals surface area contributed by atoms with Crippen LogP contribution in [0.1, 0.15) is 26.2 Å². The Morgan fingerprint density at radius 3 is 2.44 bits per heavy atom. The van der Waals surface area contributed by atoms with E-state index >= 15 is 0 Å². The maximum Gasteiger partial charge on any atom is 0.317 e. The minimum Gasteiger partial charge on any atom is -0.369 e. The Labute approximate surface area is 162 Å². The van der Waals surface area contributed by atoms with Crippen molar-refractivity contribution in [2.75, 3.05) is 50.7 Å². The van der Waals surface area contributed by atoms with Crippen LogP contribution in [0.4, 0.5) is 10.5 Å². The Hall–Kier alpha value is -2.26. The molecule has 0 bridgehead atoms. The lowest BCUT2D eigenvalue weighted by Crippen LogP contribution is -2.49. The van der Waals surface area contributed by atoms with E-state index in [2.05, 4.69) is 58.4 Å². The Morgan fingerprint density at radius 2 is 1.81 bits per heavy atom. The van der Waals surface area contributed by atoms with Gasteiger partial charge in [-0.25, -0.2) is 4.79 Å². The third kappa shape index (κ3) is 5.61. The molecule has 0 spiro atoms. The van der Waals surface area contributed by atoms with Crippen LogP contribution in [0.3, 0.4) is 0 Å². The van der Waals surface area contributed by atoms with Gasteiger partial charge in [-0.2, -0.15) is 5.26 Å². The van der Waals surface area contributed by atoms with Crippen molar-refractivity contribution in [3.8, 4) is 6.07 Å². The predicted molar refractivity (Wildman–Crippen MR) is 108 cm³/mol. The number of carbonyl (C=O) groups excluding carboxylic acids is 1. The maximum absolute atomic E-state index is 12.4. The summed E-state index contributed by atoms with van der Waals surface area (Å²) in [5.74, 6) is 0.112. The Kier molecular flexibility index (Phi) is 6.94. The summed E-state index contributed by atoms with van der Waals surface area (Å²) in [5, 5.41) is 12.1. The molecule has 1 atom stereocenters. The average Bonchev–Trinajstić information content (AvgIpc) is 2.73. The van der Waals surface area contributed by atoms with Crippen molar-refractivity contribution in [2.24, 2.45) is 5.92 Å². The molecule has 6 heteroatoms. The molecule has 2 amide bonds. The zero-order valence-electron chi connectivity index (χ0n) is 16.3. The molecule has 3 rings (SSSR count). The minimum atomic E-state index is 0.0211. The van der Waals surface area contributed by atoms with E-state index < -0.39 is 0 Å². The first kappa shape index (κ1) is 19.5. The monoisotopic (exact) mass is 369 g/mol. The zero-order valence-corrected chi connectivity index (χ0v) is 16.3. The predicted octanol–water partition coefficient (Wildman–Crippen LogP) is 2.53. The molecule has 2 saturated heterocycles. The first-order chi connectivity index (χ1) is 13.2. The van der Waals surface area contributed by atoms with Crippen LogP contribution in [0.5, 0.6) is 0 Å². The third-order valence-corrected chi connectivity index (χ3v) is 5.71. The number of piperazine rings is 1. The van der Waals surface area contributed by atoms with Crippen molar-refractivity contribution in [1.82, 2.24) is 15.1 Å². The molecule has 146 valence electrons. The van der Waals surface area contributed by atoms with Crippen LogP contribution in [0.25, 0.3) is 0 Å². The summed E-state index contributed by atoms with van der Waals surface area (Å²) >= 11 is 0. The van der Waals surface area contributed by atoms with E-state index in [9.17, 15) is 4.79 Å². The van der Waals surface area contributed by atoms with Gasteiger partial charge in [-0.15, -0.1) is 0 Å². The number of piperidine rings is 1. The molecule has 0 aliphatic carbocycles. The van der Waals surface area contributed by atoms with Crippen molar-refractivity contribution in [1.29, 1.82) is 5.26 Å². The number of nitrogens with one attached hydrogen (secondary N) is 1. The lowest BCUT2D eigenvalue weighted by molar-refractivity contribution is 0.173. The van der Waals surface area contributed by atoms with Crippen molar-refractivity contribution in [3.05, 3.63) is 30.3 Å². The molecule has 2 heterocycles. The minimum absolute atomic E-state index is 0.0211. The van der Waals surface area contributed by atoms with Gasteiger partial charge < -0.3 is 15.1 Å². The standard InChI is InChI=1S/C21H31N5O/c1-18(23-21(27)26-11-8-19(17-22)9-12-26)7-10-24-13-15-25(16-14-24)20-5-3-2-4-6-20/h2-6,18-19H,7-16H2,1H3,(H,23,27)/t18-/m0/s1. The van der Waals surface area contributed by atoms with E-state index in [0.717, 1.165) is 52.0 Å². The number of anilines is 1. The van der Waals surface area contributed by atoms with E-state index in [4.69, 9.17) is 5.26 Å². The average molecular weight is 370 g/mol. The fourth-order valence-corrected chi connectivity index (χ4v) is 3.83. The number of carbonyl (C=O) groups is 1. The molecule has 2 aliphatic heterocycles. The van der Waals surface area contributed by atoms with Crippen LogP contribution in [0.15, 0.2) is 30.3 Å². The number of rotatable bonds is 5. The highest BCUT2D eigenvalue weighted by atomic mass is 16.2. The first-order valence-corrected chi connectivity index (χ1v) is 10.1. The summed E-state index contributed by atoms with van der Waals surface area (Å²) in [6, 6.07) is 13.1. The quantitative estimate of drug-likeness (QED) is 0.866. The summed E-state index contributed by atoms with van der Waals surface area (Å²) in [5.41, 5.74) is 1.30. The number of para-hydroxylation sites is 1. The highest BCUT2D eigenvalue weighted by molar-refractivity contribution is 5.74. The van der Waals surface area contributed by atoms with Crippen LogP contribution in [-0.2, 0) is 0 Å². The molecular weight excluding hydrogens is 338 g/mol. The molecule has 0 unspecified atom stereocenters. The highest BCUT2D eigenvalue weighted by Crippen LogP contribution is 2.17. The van der Waals surface area contributed by atoms with Crippen molar-refractivity contribution < 1.29 is 4.79 Å². The second-order valence-electron chi connectivity index (χ2n) is 7.69. The molecule has 2 fully saturated rings. The van der Waals surface area contributed by atoms with Crippen LogP contribution >= 0.6 is 0 Å². The molecule has 1 aromatic rings. The number of urea groups is 1. The fourth-order valence-electron chi connectivity index (χ4n) is 3.83. The van der Waals surface area contributed by atoms with Crippen molar-refractivity contribution in [2.45, 2.75) is 32.2 Å². The lowest BCUT2D eigenvalue weighted by Gasteiger charge is -2.36. The number of nitriles is 1. The Morgan fingerprint density at radius 1 is 1.15 bits per heavy atom. The van der Waals surface area contributed by atoms with Crippen molar-refractivity contribution in [3.63, 3.8) is 0 Å². The molecule has 0 aromatic heterocycles. The largest absolute Gasteiger partial charge is 0.369 e.